The molecule has 182 valence electrons. The van der Waals surface area contributed by atoms with Crippen LogP contribution in [-0.4, -0.2) is 42.2 Å². The molecule has 8 atom stereocenters. The average Bonchev–Trinajstić information content (AvgIpc) is 3.44. The van der Waals surface area contributed by atoms with Crippen LogP contribution in [0.25, 0.3) is 0 Å². The first-order valence-corrected chi connectivity index (χ1v) is 12.7. The number of rotatable bonds is 4. The molecule has 1 saturated heterocycles. The third-order valence-corrected chi connectivity index (χ3v) is 9.95. The summed E-state index contributed by atoms with van der Waals surface area (Å²) in [6, 6.07) is 0. The van der Waals surface area contributed by atoms with Crippen molar-refractivity contribution >= 4 is 17.8 Å². The zero-order chi connectivity index (χ0) is 23.6. The highest BCUT2D eigenvalue weighted by Crippen LogP contribution is 2.73. The fraction of sp³-hybridized carbons (Fsp3) is 0.808. The predicted molar refractivity (Wildman–Crippen MR) is 124 cm³/mol. The van der Waals surface area contributed by atoms with Crippen LogP contribution in [0.4, 0.5) is 4.79 Å². The van der Waals surface area contributed by atoms with E-state index < -0.39 is 6.09 Å². The van der Waals surface area contributed by atoms with E-state index in [0.717, 1.165) is 44.2 Å². The number of nitrogens with one attached hydrogen (secondary N) is 1. The lowest BCUT2D eigenvalue weighted by Gasteiger charge is -2.58. The number of amides is 1. The summed E-state index contributed by atoms with van der Waals surface area (Å²) in [6.45, 7) is 10.5. The number of allylic oxidation sites excluding steroid dienone is 1. The minimum atomic E-state index is -0.518. The number of carbonyl (C=O) groups excluding carboxylic acids is 2. The van der Waals surface area contributed by atoms with Gasteiger partial charge in [-0.3, -0.25) is 4.79 Å². The van der Waals surface area contributed by atoms with E-state index in [1.807, 2.05) is 6.92 Å². The Labute approximate surface area is 196 Å². The molecule has 3 saturated carbocycles. The fourth-order valence-electron chi connectivity index (χ4n) is 8.42. The first-order valence-electron chi connectivity index (χ1n) is 12.7. The van der Waals surface area contributed by atoms with Crippen LogP contribution in [0.15, 0.2) is 16.8 Å². The van der Waals surface area contributed by atoms with Gasteiger partial charge in [-0.2, -0.15) is 5.10 Å². The summed E-state index contributed by atoms with van der Waals surface area (Å²) in [4.78, 5) is 23.3. The maximum Gasteiger partial charge on any atom is 0.427 e. The predicted octanol–water partition coefficient (Wildman–Crippen LogP) is 4.75. The van der Waals surface area contributed by atoms with Crippen LogP contribution in [0.5, 0.6) is 0 Å². The van der Waals surface area contributed by atoms with Gasteiger partial charge in [-0.25, -0.2) is 10.2 Å². The molecule has 0 aromatic heterocycles. The number of nitrogens with zero attached hydrogens (tertiary/aromatic N) is 1. The summed E-state index contributed by atoms with van der Waals surface area (Å²) in [5, 5.41) is 4.40. The molecule has 0 aromatic carbocycles. The quantitative estimate of drug-likeness (QED) is 0.216. The summed E-state index contributed by atoms with van der Waals surface area (Å²) in [7, 11) is 0. The molecule has 5 rings (SSSR count). The zero-order valence-corrected chi connectivity index (χ0v) is 20.6. The van der Waals surface area contributed by atoms with Gasteiger partial charge in [0.05, 0.1) is 18.4 Å². The molecule has 0 radical (unpaired) electrons. The Bertz CT molecular complexity index is 914. The maximum absolute atomic E-state index is 11.8. The Morgan fingerprint density at radius 3 is 2.73 bits per heavy atom. The molecule has 0 spiro atoms. The van der Waals surface area contributed by atoms with Crippen molar-refractivity contribution in [2.24, 2.45) is 33.7 Å². The van der Waals surface area contributed by atoms with Crippen molar-refractivity contribution in [1.82, 2.24) is 5.43 Å². The van der Waals surface area contributed by atoms with Crippen molar-refractivity contribution < 1.29 is 23.8 Å². The summed E-state index contributed by atoms with van der Waals surface area (Å²) in [5.74, 6) is 1.72. The van der Waals surface area contributed by atoms with E-state index in [9.17, 15) is 9.59 Å². The van der Waals surface area contributed by atoms with Gasteiger partial charge in [-0.05, 0) is 75.5 Å². The molecular formula is C26H38N2O5. The van der Waals surface area contributed by atoms with Crippen LogP contribution in [-0.2, 0) is 19.0 Å². The van der Waals surface area contributed by atoms with Gasteiger partial charge in [0.2, 0.25) is 0 Å². The highest BCUT2D eigenvalue weighted by molar-refractivity contribution is 5.95. The standard InChI is InChI=1S/C26H38N2O5/c1-6-31-23(30)28-27-15(2)26-22(33-26)14-21-19-8-7-17-13-18(32-16(3)29)9-11-24(17,4)20(19)10-12-25(21,26)5/h7,18-22H,6,8-14H2,1-5H3,(H,28,30)/b27-15-/t18-,19-,20+,21+,22-,24+,25+,26-/m1/s1. The number of hydrazone groups is 1. The molecule has 7 heteroatoms. The van der Waals surface area contributed by atoms with Crippen LogP contribution in [0, 0.1) is 28.6 Å². The number of hydrogen-bond donors (Lipinski definition) is 1. The Morgan fingerprint density at radius 2 is 2.00 bits per heavy atom. The monoisotopic (exact) mass is 458 g/mol. The molecule has 5 aliphatic rings. The van der Waals surface area contributed by atoms with E-state index in [-0.39, 0.29) is 34.6 Å². The second-order valence-electron chi connectivity index (χ2n) is 11.3. The molecule has 33 heavy (non-hydrogen) atoms. The summed E-state index contributed by atoms with van der Waals surface area (Å²) >= 11 is 0. The minimum absolute atomic E-state index is 0.0272. The highest BCUT2D eigenvalue weighted by atomic mass is 16.6. The maximum atomic E-state index is 11.8. The second-order valence-corrected chi connectivity index (χ2v) is 11.3. The molecule has 1 heterocycles. The molecule has 4 aliphatic carbocycles. The van der Waals surface area contributed by atoms with Crippen LogP contribution in [0.3, 0.4) is 0 Å². The normalized spacial score (nSPS) is 45.5. The number of carbonyl (C=O) groups is 2. The van der Waals surface area contributed by atoms with E-state index in [1.165, 1.54) is 18.9 Å². The Balaban J connectivity index is 1.36. The lowest BCUT2D eigenvalue weighted by molar-refractivity contribution is -0.148. The van der Waals surface area contributed by atoms with E-state index in [2.05, 4.69) is 30.5 Å². The number of epoxide rings is 1. The van der Waals surface area contributed by atoms with Gasteiger partial charge >= 0.3 is 12.1 Å². The molecule has 1 amide bonds. The Morgan fingerprint density at radius 1 is 1.21 bits per heavy atom. The minimum Gasteiger partial charge on any atom is -0.462 e. The highest BCUT2D eigenvalue weighted by Gasteiger charge is 2.78. The topological polar surface area (TPSA) is 89.5 Å². The third-order valence-electron chi connectivity index (χ3n) is 9.95. The van der Waals surface area contributed by atoms with E-state index in [1.54, 1.807) is 6.92 Å². The van der Waals surface area contributed by atoms with Crippen molar-refractivity contribution in [1.29, 1.82) is 0 Å². The average molecular weight is 459 g/mol. The van der Waals surface area contributed by atoms with Crippen molar-refractivity contribution in [3.8, 4) is 0 Å². The molecule has 0 unspecified atom stereocenters. The molecule has 1 N–H and O–H groups in total. The first kappa shape index (κ1) is 22.9. The number of esters is 1. The van der Waals surface area contributed by atoms with Gasteiger partial charge in [-0.15, -0.1) is 0 Å². The van der Waals surface area contributed by atoms with Gasteiger partial charge in [-0.1, -0.05) is 25.5 Å². The smallest absolute Gasteiger partial charge is 0.427 e. The molecule has 0 aromatic rings. The summed E-state index contributed by atoms with van der Waals surface area (Å²) in [5.41, 5.74) is 4.79. The number of ether oxygens (including phenoxy) is 3. The first-order chi connectivity index (χ1) is 15.7. The van der Waals surface area contributed by atoms with Gasteiger partial charge in [0.1, 0.15) is 11.7 Å². The molecular weight excluding hydrogens is 420 g/mol. The van der Waals surface area contributed by atoms with Gasteiger partial charge < -0.3 is 14.2 Å². The van der Waals surface area contributed by atoms with Crippen molar-refractivity contribution in [2.75, 3.05) is 6.61 Å². The summed E-state index contributed by atoms with van der Waals surface area (Å²) < 4.78 is 16.9. The van der Waals surface area contributed by atoms with E-state index in [0.29, 0.717) is 24.4 Å². The van der Waals surface area contributed by atoms with Crippen molar-refractivity contribution in [3.05, 3.63) is 11.6 Å². The molecule has 7 nitrogen and oxygen atoms in total. The second kappa shape index (κ2) is 7.82. The zero-order valence-electron chi connectivity index (χ0n) is 20.6. The van der Waals surface area contributed by atoms with Gasteiger partial charge in [0.25, 0.3) is 0 Å². The number of fused-ring (bicyclic) bond motifs is 7. The summed E-state index contributed by atoms with van der Waals surface area (Å²) in [6.07, 6.45) is 9.59. The van der Waals surface area contributed by atoms with Gasteiger partial charge in [0, 0.05) is 18.8 Å². The van der Waals surface area contributed by atoms with Crippen molar-refractivity contribution in [2.45, 2.75) is 97.4 Å². The SMILES string of the molecule is CCOC(=O)N/N=C(/C)[C@@]12O[C@@H]1C[C@H]1[C@@H]3CC=C4C[C@H](OC(C)=O)CC[C@]4(C)[C@H]3CC[C@@]12C. The third kappa shape index (κ3) is 3.28. The number of hydrogen-bond acceptors (Lipinski definition) is 6. The van der Waals surface area contributed by atoms with Gasteiger partial charge in [0.15, 0.2) is 0 Å². The Hall–Kier alpha value is -1.89. The van der Waals surface area contributed by atoms with Crippen LogP contribution in [0.2, 0.25) is 0 Å². The Kier molecular flexibility index (Phi) is 5.42. The van der Waals surface area contributed by atoms with E-state index in [4.69, 9.17) is 14.2 Å². The largest absolute Gasteiger partial charge is 0.462 e. The van der Waals surface area contributed by atoms with Crippen LogP contribution < -0.4 is 5.43 Å². The molecule has 0 bridgehead atoms. The lowest BCUT2D eigenvalue weighted by Crippen LogP contribution is -2.54. The lowest BCUT2D eigenvalue weighted by atomic mass is 9.47. The van der Waals surface area contributed by atoms with E-state index >= 15 is 0 Å². The van der Waals surface area contributed by atoms with Crippen LogP contribution >= 0.6 is 0 Å². The molecule has 4 fully saturated rings. The van der Waals surface area contributed by atoms with Crippen LogP contribution in [0.1, 0.15) is 79.6 Å². The fourth-order valence-corrected chi connectivity index (χ4v) is 8.42. The molecule has 1 aliphatic heterocycles. The van der Waals surface area contributed by atoms with Crippen molar-refractivity contribution in [3.63, 3.8) is 0 Å².